The number of nitrogens with one attached hydrogen (secondary N) is 1. The molecule has 1 aliphatic rings. The third-order valence-electron chi connectivity index (χ3n) is 3.74. The fraction of sp³-hybridized carbons (Fsp3) is 0.600. The maximum absolute atomic E-state index is 5.86. The summed E-state index contributed by atoms with van der Waals surface area (Å²) in [6, 6.07) is 6.85. The Morgan fingerprint density at radius 2 is 2.17 bits per heavy atom. The largest absolute Gasteiger partial charge is 0.399 e. The minimum absolute atomic E-state index is 0.671. The second-order valence-electron chi connectivity index (χ2n) is 5.76. The number of benzene rings is 1. The average Bonchev–Trinajstić information content (AvgIpc) is 2.73. The van der Waals surface area contributed by atoms with E-state index < -0.39 is 0 Å². The van der Waals surface area contributed by atoms with E-state index in [1.807, 2.05) is 12.1 Å². The first kappa shape index (κ1) is 13.2. The van der Waals surface area contributed by atoms with Crippen molar-refractivity contribution in [1.29, 1.82) is 0 Å². The van der Waals surface area contributed by atoms with E-state index in [-0.39, 0.29) is 0 Å². The number of hydrogen-bond donors (Lipinski definition) is 2. The first-order valence-corrected chi connectivity index (χ1v) is 6.89. The van der Waals surface area contributed by atoms with Gasteiger partial charge in [0.25, 0.3) is 0 Å². The summed E-state index contributed by atoms with van der Waals surface area (Å²) in [5.41, 5.74) is 9.06. The molecule has 1 aromatic carbocycles. The Morgan fingerprint density at radius 1 is 1.39 bits per heavy atom. The summed E-state index contributed by atoms with van der Waals surface area (Å²) < 4.78 is 0. The van der Waals surface area contributed by atoms with Crippen molar-refractivity contribution in [3.63, 3.8) is 0 Å². The molecule has 3 N–H and O–H groups in total. The van der Waals surface area contributed by atoms with Gasteiger partial charge in [-0.15, -0.1) is 0 Å². The fourth-order valence-electron chi connectivity index (χ4n) is 2.68. The molecule has 1 atom stereocenters. The number of rotatable bonds is 4. The molecule has 0 aliphatic carbocycles. The Balaban J connectivity index is 1.85. The van der Waals surface area contributed by atoms with Crippen LogP contribution in [-0.4, -0.2) is 30.6 Å². The third-order valence-corrected chi connectivity index (χ3v) is 3.74. The van der Waals surface area contributed by atoms with Crippen LogP contribution < -0.4 is 11.1 Å². The summed E-state index contributed by atoms with van der Waals surface area (Å²) in [5, 5.41) is 3.52. The molecule has 0 spiro atoms. The molecule has 3 nitrogen and oxygen atoms in total. The first-order chi connectivity index (χ1) is 8.54. The highest BCUT2D eigenvalue weighted by Gasteiger charge is 2.23. The SMILES string of the molecule is Cc1cc(N)cc(NCC2CCN(C(C)C)C2)c1. The molecule has 1 unspecified atom stereocenters. The smallest absolute Gasteiger partial charge is 0.0363 e. The normalized spacial score (nSPS) is 20.6. The number of nitrogens with two attached hydrogens (primary N) is 1. The Bertz CT molecular complexity index is 380. The number of nitrogen functional groups attached to an aromatic ring is 1. The van der Waals surface area contributed by atoms with Gasteiger partial charge in [-0.2, -0.15) is 0 Å². The van der Waals surface area contributed by atoms with E-state index in [0.29, 0.717) is 6.04 Å². The summed E-state index contributed by atoms with van der Waals surface area (Å²) in [6.07, 6.45) is 1.30. The van der Waals surface area contributed by atoms with Crippen molar-refractivity contribution in [2.75, 3.05) is 30.7 Å². The maximum atomic E-state index is 5.86. The highest BCUT2D eigenvalue weighted by atomic mass is 15.2. The number of hydrogen-bond acceptors (Lipinski definition) is 3. The molecule has 18 heavy (non-hydrogen) atoms. The van der Waals surface area contributed by atoms with Crippen LogP contribution in [0.25, 0.3) is 0 Å². The van der Waals surface area contributed by atoms with Gasteiger partial charge in [0.2, 0.25) is 0 Å². The summed E-state index contributed by atoms with van der Waals surface area (Å²) >= 11 is 0. The summed E-state index contributed by atoms with van der Waals surface area (Å²) in [5.74, 6) is 0.758. The molecule has 1 heterocycles. The molecule has 3 heteroatoms. The molecule has 1 aromatic rings. The quantitative estimate of drug-likeness (QED) is 0.804. The highest BCUT2D eigenvalue weighted by Crippen LogP contribution is 2.21. The molecule has 0 amide bonds. The summed E-state index contributed by atoms with van der Waals surface area (Å²) in [7, 11) is 0. The van der Waals surface area contributed by atoms with E-state index in [2.05, 4.69) is 37.1 Å². The zero-order valence-corrected chi connectivity index (χ0v) is 11.7. The monoisotopic (exact) mass is 247 g/mol. The fourth-order valence-corrected chi connectivity index (χ4v) is 2.68. The van der Waals surface area contributed by atoms with Crippen LogP contribution in [0, 0.1) is 12.8 Å². The second kappa shape index (κ2) is 5.61. The van der Waals surface area contributed by atoms with Crippen LogP contribution in [-0.2, 0) is 0 Å². The highest BCUT2D eigenvalue weighted by molar-refractivity contribution is 5.56. The van der Waals surface area contributed by atoms with Gasteiger partial charge in [-0.3, -0.25) is 0 Å². The van der Waals surface area contributed by atoms with E-state index in [1.54, 1.807) is 0 Å². The molecular formula is C15H25N3. The van der Waals surface area contributed by atoms with Crippen LogP contribution in [0.1, 0.15) is 25.8 Å². The lowest BCUT2D eigenvalue weighted by Gasteiger charge is -2.20. The standard InChI is InChI=1S/C15H25N3/c1-11(2)18-5-4-13(10-18)9-17-15-7-12(3)6-14(16)8-15/h6-8,11,13,17H,4-5,9-10,16H2,1-3H3. The van der Waals surface area contributed by atoms with Gasteiger partial charge in [0, 0.05) is 30.5 Å². The molecule has 0 radical (unpaired) electrons. The third kappa shape index (κ3) is 3.39. The molecule has 1 aliphatic heterocycles. The zero-order valence-electron chi connectivity index (χ0n) is 11.7. The van der Waals surface area contributed by atoms with Crippen molar-refractivity contribution in [3.05, 3.63) is 23.8 Å². The average molecular weight is 247 g/mol. The van der Waals surface area contributed by atoms with Crippen molar-refractivity contribution >= 4 is 11.4 Å². The van der Waals surface area contributed by atoms with Gasteiger partial charge < -0.3 is 16.0 Å². The van der Waals surface area contributed by atoms with Crippen molar-refractivity contribution in [3.8, 4) is 0 Å². The lowest BCUT2D eigenvalue weighted by Crippen LogP contribution is -2.29. The number of likely N-dealkylation sites (tertiary alicyclic amines) is 1. The van der Waals surface area contributed by atoms with Crippen LogP contribution >= 0.6 is 0 Å². The molecule has 100 valence electrons. The first-order valence-electron chi connectivity index (χ1n) is 6.89. The molecular weight excluding hydrogens is 222 g/mol. The van der Waals surface area contributed by atoms with Crippen LogP contribution in [0.2, 0.25) is 0 Å². The molecule has 2 rings (SSSR count). The van der Waals surface area contributed by atoms with Crippen molar-refractivity contribution in [2.24, 2.45) is 5.92 Å². The van der Waals surface area contributed by atoms with Gasteiger partial charge in [-0.05, 0) is 63.4 Å². The molecule has 1 fully saturated rings. The van der Waals surface area contributed by atoms with Gasteiger partial charge in [0.05, 0.1) is 0 Å². The molecule has 0 bridgehead atoms. The lowest BCUT2D eigenvalue weighted by molar-refractivity contribution is 0.266. The Hall–Kier alpha value is -1.22. The molecule has 0 saturated carbocycles. The predicted molar refractivity (Wildman–Crippen MR) is 78.9 cm³/mol. The Labute approximate surface area is 110 Å². The Morgan fingerprint density at radius 3 is 2.78 bits per heavy atom. The van der Waals surface area contributed by atoms with E-state index in [1.165, 1.54) is 25.1 Å². The zero-order chi connectivity index (χ0) is 13.1. The van der Waals surface area contributed by atoms with E-state index in [4.69, 9.17) is 5.73 Å². The van der Waals surface area contributed by atoms with Gasteiger partial charge in [0.1, 0.15) is 0 Å². The van der Waals surface area contributed by atoms with Gasteiger partial charge in [-0.25, -0.2) is 0 Å². The van der Waals surface area contributed by atoms with E-state index >= 15 is 0 Å². The summed E-state index contributed by atoms with van der Waals surface area (Å²) in [6.45, 7) is 10.1. The molecule has 0 aromatic heterocycles. The lowest BCUT2D eigenvalue weighted by atomic mass is 10.1. The van der Waals surface area contributed by atoms with E-state index in [0.717, 1.165) is 23.8 Å². The number of nitrogens with zero attached hydrogens (tertiary/aromatic N) is 1. The van der Waals surface area contributed by atoms with Crippen molar-refractivity contribution in [2.45, 2.75) is 33.2 Å². The minimum Gasteiger partial charge on any atom is -0.399 e. The number of anilines is 2. The molecule has 1 saturated heterocycles. The van der Waals surface area contributed by atoms with Gasteiger partial charge >= 0.3 is 0 Å². The van der Waals surface area contributed by atoms with Crippen LogP contribution in [0.4, 0.5) is 11.4 Å². The van der Waals surface area contributed by atoms with Gasteiger partial charge in [-0.1, -0.05) is 0 Å². The van der Waals surface area contributed by atoms with Crippen LogP contribution in [0.5, 0.6) is 0 Å². The second-order valence-corrected chi connectivity index (χ2v) is 5.76. The van der Waals surface area contributed by atoms with Crippen molar-refractivity contribution in [1.82, 2.24) is 4.90 Å². The van der Waals surface area contributed by atoms with Crippen molar-refractivity contribution < 1.29 is 0 Å². The maximum Gasteiger partial charge on any atom is 0.0363 e. The summed E-state index contributed by atoms with van der Waals surface area (Å²) in [4.78, 5) is 2.55. The van der Waals surface area contributed by atoms with Crippen LogP contribution in [0.3, 0.4) is 0 Å². The topological polar surface area (TPSA) is 41.3 Å². The van der Waals surface area contributed by atoms with E-state index in [9.17, 15) is 0 Å². The number of aryl methyl sites for hydroxylation is 1. The predicted octanol–water partition coefficient (Wildman–Crippen LogP) is 2.72. The Kier molecular flexibility index (Phi) is 4.12. The van der Waals surface area contributed by atoms with Gasteiger partial charge in [0.15, 0.2) is 0 Å². The minimum atomic E-state index is 0.671. The van der Waals surface area contributed by atoms with Crippen LogP contribution in [0.15, 0.2) is 18.2 Å².